The summed E-state index contributed by atoms with van der Waals surface area (Å²) in [5.41, 5.74) is 7.08. The molecule has 96 valence electrons. The van der Waals surface area contributed by atoms with Gasteiger partial charge in [-0.05, 0) is 34.1 Å². The van der Waals surface area contributed by atoms with Crippen LogP contribution in [-0.4, -0.2) is 20.7 Å². The molecular weight excluding hydrogens is 380 g/mol. The number of hydrogen-bond donors (Lipinski definition) is 1. The molecule has 0 aliphatic rings. The second kappa shape index (κ2) is 6.18. The molecule has 1 heterocycles. The minimum absolute atomic E-state index is 0.108. The van der Waals surface area contributed by atoms with E-state index in [2.05, 4.69) is 54.3 Å². The van der Waals surface area contributed by atoms with Gasteiger partial charge in [0.1, 0.15) is 0 Å². The van der Waals surface area contributed by atoms with Gasteiger partial charge in [-0.15, -0.1) is 16.9 Å². The molecule has 0 saturated carbocycles. The Morgan fingerprint density at radius 1 is 1.44 bits per heavy atom. The first kappa shape index (κ1) is 14.0. The molecule has 7 heteroatoms. The quantitative estimate of drug-likeness (QED) is 0.813. The van der Waals surface area contributed by atoms with E-state index in [1.54, 1.807) is 16.4 Å². The maximum atomic E-state index is 6.16. The summed E-state index contributed by atoms with van der Waals surface area (Å²) < 4.78 is 3.49. The van der Waals surface area contributed by atoms with Crippen LogP contribution in [0, 0.1) is 0 Å². The van der Waals surface area contributed by atoms with E-state index in [0.29, 0.717) is 4.60 Å². The SMILES string of the molecule is Cn1nnc(Br)c1C(N)CSc1cccc(Br)c1. The number of thioether (sulfide) groups is 1. The summed E-state index contributed by atoms with van der Waals surface area (Å²) in [6.07, 6.45) is 0. The van der Waals surface area contributed by atoms with Gasteiger partial charge >= 0.3 is 0 Å². The van der Waals surface area contributed by atoms with Crippen LogP contribution in [0.15, 0.2) is 38.2 Å². The minimum Gasteiger partial charge on any atom is -0.322 e. The number of aryl methyl sites for hydroxylation is 1. The normalized spacial score (nSPS) is 12.7. The van der Waals surface area contributed by atoms with Crippen LogP contribution in [0.25, 0.3) is 0 Å². The van der Waals surface area contributed by atoms with Crippen molar-refractivity contribution < 1.29 is 0 Å². The number of rotatable bonds is 4. The summed E-state index contributed by atoms with van der Waals surface area (Å²) in [6, 6.07) is 8.06. The van der Waals surface area contributed by atoms with Gasteiger partial charge in [-0.2, -0.15) is 0 Å². The van der Waals surface area contributed by atoms with Crippen LogP contribution >= 0.6 is 43.6 Å². The molecule has 0 amide bonds. The second-order valence-electron chi connectivity index (χ2n) is 3.76. The molecule has 0 radical (unpaired) electrons. The third kappa shape index (κ3) is 3.34. The molecule has 0 aliphatic carbocycles. The number of nitrogens with zero attached hydrogens (tertiary/aromatic N) is 3. The molecule has 1 aromatic heterocycles. The number of aromatic nitrogens is 3. The van der Waals surface area contributed by atoms with Crippen LogP contribution in [-0.2, 0) is 7.05 Å². The monoisotopic (exact) mass is 390 g/mol. The van der Waals surface area contributed by atoms with Crippen LogP contribution in [0.5, 0.6) is 0 Å². The first-order chi connectivity index (χ1) is 8.58. The molecule has 1 aromatic carbocycles. The Labute approximate surface area is 127 Å². The Kier molecular flexibility index (Phi) is 4.83. The zero-order valence-corrected chi connectivity index (χ0v) is 13.7. The molecule has 1 unspecified atom stereocenters. The van der Waals surface area contributed by atoms with Gasteiger partial charge in [0, 0.05) is 22.2 Å². The fourth-order valence-electron chi connectivity index (χ4n) is 1.55. The summed E-state index contributed by atoms with van der Waals surface area (Å²) in [6.45, 7) is 0. The molecule has 0 spiro atoms. The zero-order chi connectivity index (χ0) is 13.1. The Bertz CT molecular complexity index is 524. The van der Waals surface area contributed by atoms with Crippen molar-refractivity contribution in [2.45, 2.75) is 10.9 Å². The third-order valence-corrected chi connectivity index (χ3v) is 4.57. The standard InChI is InChI=1S/C11H12Br2N4S/c1-17-10(11(13)15-16-17)9(14)6-18-8-4-2-3-7(12)5-8/h2-5,9H,6,14H2,1H3. The van der Waals surface area contributed by atoms with Gasteiger partial charge in [0.05, 0.1) is 11.7 Å². The van der Waals surface area contributed by atoms with E-state index in [0.717, 1.165) is 15.9 Å². The lowest BCUT2D eigenvalue weighted by molar-refractivity contribution is 0.640. The van der Waals surface area contributed by atoms with Crippen molar-refractivity contribution >= 4 is 43.6 Å². The lowest BCUT2D eigenvalue weighted by Crippen LogP contribution is -2.17. The van der Waals surface area contributed by atoms with E-state index in [4.69, 9.17) is 5.73 Å². The minimum atomic E-state index is -0.108. The van der Waals surface area contributed by atoms with Crippen LogP contribution in [0.2, 0.25) is 0 Å². The number of benzene rings is 1. The van der Waals surface area contributed by atoms with E-state index in [1.165, 1.54) is 4.90 Å². The average Bonchev–Trinajstić information content (AvgIpc) is 2.66. The summed E-state index contributed by atoms with van der Waals surface area (Å²) in [5.74, 6) is 0.774. The molecule has 0 fully saturated rings. The first-order valence-corrected chi connectivity index (χ1v) is 7.84. The van der Waals surface area contributed by atoms with Crippen molar-refractivity contribution in [3.8, 4) is 0 Å². The van der Waals surface area contributed by atoms with Crippen LogP contribution in [0.4, 0.5) is 0 Å². The van der Waals surface area contributed by atoms with Gasteiger partial charge in [0.25, 0.3) is 0 Å². The molecule has 0 bridgehead atoms. The lowest BCUT2D eigenvalue weighted by Gasteiger charge is -2.11. The van der Waals surface area contributed by atoms with Crippen molar-refractivity contribution in [3.05, 3.63) is 39.0 Å². The Hall–Kier alpha value is -0.370. The number of hydrogen-bond acceptors (Lipinski definition) is 4. The topological polar surface area (TPSA) is 56.7 Å². The Morgan fingerprint density at radius 2 is 2.22 bits per heavy atom. The largest absolute Gasteiger partial charge is 0.322 e. The van der Waals surface area contributed by atoms with E-state index < -0.39 is 0 Å². The van der Waals surface area contributed by atoms with Crippen molar-refractivity contribution in [2.24, 2.45) is 12.8 Å². The maximum Gasteiger partial charge on any atom is 0.153 e. The molecule has 18 heavy (non-hydrogen) atoms. The summed E-state index contributed by atoms with van der Waals surface area (Å²) in [4.78, 5) is 1.19. The van der Waals surface area contributed by atoms with Crippen LogP contribution < -0.4 is 5.73 Å². The maximum absolute atomic E-state index is 6.16. The Morgan fingerprint density at radius 3 is 2.83 bits per heavy atom. The molecule has 4 nitrogen and oxygen atoms in total. The first-order valence-electron chi connectivity index (χ1n) is 5.27. The van der Waals surface area contributed by atoms with Crippen molar-refractivity contribution in [1.82, 2.24) is 15.0 Å². The molecule has 2 aromatic rings. The summed E-state index contributed by atoms with van der Waals surface area (Å²) in [7, 11) is 1.84. The summed E-state index contributed by atoms with van der Waals surface area (Å²) >= 11 is 8.53. The van der Waals surface area contributed by atoms with E-state index >= 15 is 0 Å². The smallest absolute Gasteiger partial charge is 0.153 e. The lowest BCUT2D eigenvalue weighted by atomic mass is 10.3. The molecule has 0 saturated heterocycles. The van der Waals surface area contributed by atoms with Crippen LogP contribution in [0.1, 0.15) is 11.7 Å². The molecule has 2 N–H and O–H groups in total. The highest BCUT2D eigenvalue weighted by molar-refractivity contribution is 9.10. The van der Waals surface area contributed by atoms with Crippen molar-refractivity contribution in [3.63, 3.8) is 0 Å². The van der Waals surface area contributed by atoms with E-state index in [1.807, 2.05) is 19.2 Å². The summed E-state index contributed by atoms with van der Waals surface area (Å²) in [5, 5.41) is 7.87. The van der Waals surface area contributed by atoms with Gasteiger partial charge < -0.3 is 5.73 Å². The van der Waals surface area contributed by atoms with Gasteiger partial charge in [0.2, 0.25) is 0 Å². The number of nitrogens with two attached hydrogens (primary N) is 1. The van der Waals surface area contributed by atoms with Gasteiger partial charge in [-0.3, -0.25) is 0 Å². The molecule has 1 atom stereocenters. The van der Waals surface area contributed by atoms with Gasteiger partial charge in [0.15, 0.2) is 4.60 Å². The highest BCUT2D eigenvalue weighted by Gasteiger charge is 2.16. The van der Waals surface area contributed by atoms with E-state index in [-0.39, 0.29) is 6.04 Å². The zero-order valence-electron chi connectivity index (χ0n) is 9.68. The van der Waals surface area contributed by atoms with Crippen molar-refractivity contribution in [2.75, 3.05) is 5.75 Å². The molecule has 2 rings (SSSR count). The fraction of sp³-hybridized carbons (Fsp3) is 0.273. The Balaban J connectivity index is 2.03. The molecular formula is C11H12Br2N4S. The van der Waals surface area contributed by atoms with Crippen LogP contribution in [0.3, 0.4) is 0 Å². The van der Waals surface area contributed by atoms with Gasteiger partial charge in [-0.1, -0.05) is 27.2 Å². The van der Waals surface area contributed by atoms with Crippen molar-refractivity contribution in [1.29, 1.82) is 0 Å². The van der Waals surface area contributed by atoms with Gasteiger partial charge in [-0.25, -0.2) is 4.68 Å². The fourth-order valence-corrected chi connectivity index (χ4v) is 3.64. The highest BCUT2D eigenvalue weighted by atomic mass is 79.9. The average molecular weight is 392 g/mol. The predicted molar refractivity (Wildman–Crippen MR) is 80.5 cm³/mol. The second-order valence-corrected chi connectivity index (χ2v) is 6.52. The third-order valence-electron chi connectivity index (χ3n) is 2.40. The molecule has 0 aliphatic heterocycles. The predicted octanol–water partition coefficient (Wildman–Crippen LogP) is 3.13. The highest BCUT2D eigenvalue weighted by Crippen LogP contribution is 2.27. The number of halogens is 2. The van der Waals surface area contributed by atoms with E-state index in [9.17, 15) is 0 Å².